The van der Waals surface area contributed by atoms with Gasteiger partial charge in [0.15, 0.2) is 11.6 Å². The fraction of sp³-hybridized carbons (Fsp3) is 0.0385. The highest BCUT2D eigenvalue weighted by atomic mass is 16.5. The Hall–Kier alpha value is -5.59. The third kappa shape index (κ3) is 5.09. The highest BCUT2D eigenvalue weighted by Crippen LogP contribution is 2.38. The van der Waals surface area contributed by atoms with Gasteiger partial charge in [0, 0.05) is 12.6 Å². The second-order valence-electron chi connectivity index (χ2n) is 7.06. The maximum absolute atomic E-state index is 11.2. The Bertz CT molecular complexity index is 1440. The Morgan fingerprint density at radius 2 is 1.63 bits per heavy atom. The van der Waals surface area contributed by atoms with Crippen LogP contribution in [0.25, 0.3) is 10.4 Å². The molecule has 170 valence electrons. The van der Waals surface area contributed by atoms with Gasteiger partial charge in [-0.05, 0) is 48.0 Å². The summed E-state index contributed by atoms with van der Waals surface area (Å²) in [5.74, 6) is -1.26. The van der Waals surface area contributed by atoms with E-state index < -0.39 is 11.9 Å². The van der Waals surface area contributed by atoms with Crippen molar-refractivity contribution in [3.63, 3.8) is 0 Å². The van der Waals surface area contributed by atoms with Gasteiger partial charge < -0.3 is 19.8 Å². The molecule has 1 aliphatic rings. The van der Waals surface area contributed by atoms with Crippen molar-refractivity contribution in [3.05, 3.63) is 112 Å². The molecule has 35 heavy (non-hydrogen) atoms. The van der Waals surface area contributed by atoms with Crippen molar-refractivity contribution in [2.75, 3.05) is 11.9 Å². The Balaban J connectivity index is 1.91. The lowest BCUT2D eigenvalue weighted by molar-refractivity contribution is 0.0686. The number of allylic oxidation sites excluding steroid dienone is 7. The van der Waals surface area contributed by atoms with Crippen molar-refractivity contribution >= 4 is 23.2 Å². The second-order valence-corrected chi connectivity index (χ2v) is 7.06. The van der Waals surface area contributed by atoms with E-state index in [0.29, 0.717) is 22.9 Å². The molecule has 0 amide bonds. The van der Waals surface area contributed by atoms with Gasteiger partial charge in [-0.15, -0.1) is 0 Å². The average molecular weight is 464 g/mol. The number of nitrogens with zero attached hydrogens (tertiary/aromatic N) is 4. The van der Waals surface area contributed by atoms with Gasteiger partial charge in [-0.2, -0.15) is 5.26 Å². The van der Waals surface area contributed by atoms with E-state index in [2.05, 4.69) is 4.85 Å². The molecule has 9 nitrogen and oxygen atoms in total. The van der Waals surface area contributed by atoms with Gasteiger partial charge in [-0.1, -0.05) is 24.3 Å². The number of nitriles is 2. The lowest BCUT2D eigenvalue weighted by Crippen LogP contribution is -2.13. The summed E-state index contributed by atoms with van der Waals surface area (Å²) in [6, 6.07) is 13.8. The molecular weight excluding hydrogens is 448 g/mol. The van der Waals surface area contributed by atoms with Crippen molar-refractivity contribution in [2.45, 2.75) is 0 Å². The number of rotatable bonds is 6. The fourth-order valence-electron chi connectivity index (χ4n) is 3.25. The molecule has 2 aromatic carbocycles. The van der Waals surface area contributed by atoms with Crippen molar-refractivity contribution in [3.8, 4) is 17.9 Å². The third-order valence-corrected chi connectivity index (χ3v) is 4.99. The topological polar surface area (TPSA) is 139 Å². The number of carbonyl (C=O) groups is 2. The Labute approximate surface area is 200 Å². The molecule has 0 atom stereocenters. The standard InChI is InChI=1S/C26H16N4O5/c1-29-20(15-28)24(16-7-9-17(10-8-16)25(31)32)19(14-27)5-3-4-6-23-30(2)21-13-18(26(33)34)11-12-22(21)35-23/h3-13H,2H3,(H,31,32)(H,33,34). The molecule has 0 aromatic heterocycles. The number of benzene rings is 2. The Morgan fingerprint density at radius 1 is 1.00 bits per heavy atom. The van der Waals surface area contributed by atoms with Crippen LogP contribution in [0, 0.1) is 29.2 Å². The van der Waals surface area contributed by atoms with E-state index in [9.17, 15) is 25.2 Å². The second kappa shape index (κ2) is 10.4. The van der Waals surface area contributed by atoms with Crippen LogP contribution >= 0.6 is 0 Å². The highest BCUT2D eigenvalue weighted by Gasteiger charge is 2.23. The van der Waals surface area contributed by atoms with Crippen molar-refractivity contribution in [2.24, 2.45) is 0 Å². The zero-order valence-electron chi connectivity index (χ0n) is 18.3. The minimum Gasteiger partial charge on any atom is -0.478 e. The van der Waals surface area contributed by atoms with E-state index in [1.807, 2.05) is 6.07 Å². The predicted molar refractivity (Wildman–Crippen MR) is 126 cm³/mol. The minimum atomic E-state index is -1.12. The molecule has 1 heterocycles. The fourth-order valence-corrected chi connectivity index (χ4v) is 3.25. The molecule has 1 aliphatic heterocycles. The molecule has 0 saturated carbocycles. The quantitative estimate of drug-likeness (QED) is 0.359. The summed E-state index contributed by atoms with van der Waals surface area (Å²) >= 11 is 0. The Kier molecular flexibility index (Phi) is 7.12. The molecule has 0 unspecified atom stereocenters. The molecule has 0 fully saturated rings. The summed E-state index contributed by atoms with van der Waals surface area (Å²) in [6.07, 6.45) is 6.14. The maximum Gasteiger partial charge on any atom is 0.335 e. The van der Waals surface area contributed by atoms with Gasteiger partial charge in [-0.25, -0.2) is 19.7 Å². The molecule has 2 aromatic rings. The molecule has 9 heteroatoms. The van der Waals surface area contributed by atoms with Crippen LogP contribution in [0.3, 0.4) is 0 Å². The predicted octanol–water partition coefficient (Wildman–Crippen LogP) is 4.61. The summed E-state index contributed by atoms with van der Waals surface area (Å²) in [5.41, 5.74) is 0.903. The number of hydrogen-bond donors (Lipinski definition) is 2. The number of carboxylic acid groups (broad SMARTS) is 2. The van der Waals surface area contributed by atoms with E-state index in [4.69, 9.17) is 16.4 Å². The first-order valence-corrected chi connectivity index (χ1v) is 9.94. The summed E-state index contributed by atoms with van der Waals surface area (Å²) < 4.78 is 5.72. The number of fused-ring (bicyclic) bond motifs is 1. The lowest BCUT2D eigenvalue weighted by Gasteiger charge is -2.10. The molecule has 0 saturated heterocycles. The number of hydrogen-bond acceptors (Lipinski definition) is 6. The van der Waals surface area contributed by atoms with Crippen molar-refractivity contribution < 1.29 is 24.5 Å². The van der Waals surface area contributed by atoms with Gasteiger partial charge in [0.2, 0.25) is 0 Å². The normalized spacial score (nSPS) is 14.4. The van der Waals surface area contributed by atoms with Gasteiger partial charge in [0.05, 0.1) is 41.1 Å². The van der Waals surface area contributed by atoms with E-state index in [1.54, 1.807) is 36.2 Å². The summed E-state index contributed by atoms with van der Waals surface area (Å²) in [5, 5.41) is 37.3. The van der Waals surface area contributed by atoms with Crippen LogP contribution in [0.15, 0.2) is 83.9 Å². The van der Waals surface area contributed by atoms with Gasteiger partial charge in [0.25, 0.3) is 5.70 Å². The minimum absolute atomic E-state index is 0.0283. The monoisotopic (exact) mass is 464 g/mol. The first-order chi connectivity index (χ1) is 16.8. The number of ether oxygens (including phenoxy) is 1. The molecule has 0 radical (unpaired) electrons. The SMILES string of the molecule is [C-]#[N+]C(C#N)=C(C(C#N)=CC=CC=C1Oc2ccc(C(=O)O)cc2N1C)c1ccc(C(=O)O)cc1. The van der Waals surface area contributed by atoms with Gasteiger partial charge in [-0.3, -0.25) is 0 Å². The van der Waals surface area contributed by atoms with E-state index in [-0.39, 0.29) is 28.0 Å². The zero-order chi connectivity index (χ0) is 25.5. The average Bonchev–Trinajstić information content (AvgIpc) is 3.17. The van der Waals surface area contributed by atoms with Crippen LogP contribution in [0.1, 0.15) is 26.3 Å². The van der Waals surface area contributed by atoms with Crippen LogP contribution in [-0.4, -0.2) is 29.2 Å². The lowest BCUT2D eigenvalue weighted by atomic mass is 9.95. The largest absolute Gasteiger partial charge is 0.478 e. The zero-order valence-corrected chi connectivity index (χ0v) is 18.3. The van der Waals surface area contributed by atoms with Crippen molar-refractivity contribution in [1.29, 1.82) is 10.5 Å². The highest BCUT2D eigenvalue weighted by molar-refractivity contribution is 5.91. The molecule has 0 spiro atoms. The van der Waals surface area contributed by atoms with Gasteiger partial charge >= 0.3 is 11.9 Å². The van der Waals surface area contributed by atoms with Crippen LogP contribution in [0.2, 0.25) is 0 Å². The molecule has 3 rings (SSSR count). The summed E-state index contributed by atoms with van der Waals surface area (Å²) in [4.78, 5) is 27.2. The van der Waals surface area contributed by atoms with Crippen LogP contribution in [0.4, 0.5) is 5.69 Å². The first kappa shape index (κ1) is 24.1. The number of anilines is 1. The summed E-state index contributed by atoms with van der Waals surface area (Å²) in [6.45, 7) is 7.30. The van der Waals surface area contributed by atoms with Crippen molar-refractivity contribution in [1.82, 2.24) is 0 Å². The number of aromatic carboxylic acids is 2. The van der Waals surface area contributed by atoms with Crippen LogP contribution < -0.4 is 9.64 Å². The Morgan fingerprint density at radius 3 is 2.20 bits per heavy atom. The van der Waals surface area contributed by atoms with Crippen LogP contribution in [-0.2, 0) is 0 Å². The van der Waals surface area contributed by atoms with E-state index in [0.717, 1.165) is 0 Å². The smallest absolute Gasteiger partial charge is 0.335 e. The molecular formula is C26H16N4O5. The van der Waals surface area contributed by atoms with E-state index >= 15 is 0 Å². The van der Waals surface area contributed by atoms with Crippen LogP contribution in [0.5, 0.6) is 5.75 Å². The number of carboxylic acids is 2. The van der Waals surface area contributed by atoms with E-state index in [1.165, 1.54) is 48.6 Å². The van der Waals surface area contributed by atoms with Gasteiger partial charge in [0.1, 0.15) is 0 Å². The first-order valence-electron chi connectivity index (χ1n) is 9.94. The molecule has 0 aliphatic carbocycles. The summed E-state index contributed by atoms with van der Waals surface area (Å²) in [7, 11) is 1.71. The molecule has 2 N–H and O–H groups in total. The molecule has 0 bridgehead atoms. The third-order valence-electron chi connectivity index (χ3n) is 4.99. The maximum atomic E-state index is 11.2.